The topological polar surface area (TPSA) is 101 Å². The Hall–Kier alpha value is -4.09. The van der Waals surface area contributed by atoms with Crippen molar-refractivity contribution in [3.63, 3.8) is 0 Å². The first kappa shape index (κ1) is 46.0. The lowest BCUT2D eigenvalue weighted by Gasteiger charge is -2.43. The first-order valence-electron chi connectivity index (χ1n) is 21.0. The standard InChI is InChI=1S/C50H63IO8/c1-9-35(31-38(37-17-22-41(52)23-18-37)33-48(5,6)46(54)59-50(47(2,3)4)27-13-14-28-50)36-19-24-42(25-20-36)57-34-55-29-30-56-44-26-21-40(51)32-43(44)45(53)58-49(7,8)39-15-11-10-12-16-39/h10-12,15-26,32,35,38,52H,9,13-14,27-31,33-34H2,1-8H3. The highest BCUT2D eigenvalue weighted by Gasteiger charge is 2.49. The number of esters is 2. The number of ether oxygens (including phenoxy) is 5. The van der Waals surface area contributed by atoms with Gasteiger partial charge in [0.2, 0.25) is 0 Å². The van der Waals surface area contributed by atoms with Crippen LogP contribution in [-0.4, -0.2) is 42.7 Å². The lowest BCUT2D eigenvalue weighted by Crippen LogP contribution is -2.47. The van der Waals surface area contributed by atoms with Gasteiger partial charge in [0.15, 0.2) is 6.79 Å². The zero-order valence-corrected chi connectivity index (χ0v) is 38.3. The van der Waals surface area contributed by atoms with Gasteiger partial charge in [-0.1, -0.05) is 82.3 Å². The molecule has 1 aliphatic rings. The van der Waals surface area contributed by atoms with Crippen molar-refractivity contribution in [2.24, 2.45) is 10.8 Å². The fourth-order valence-corrected chi connectivity index (χ4v) is 8.61. The summed E-state index contributed by atoms with van der Waals surface area (Å²) in [6, 6.07) is 30.6. The van der Waals surface area contributed by atoms with Gasteiger partial charge in [0.25, 0.3) is 0 Å². The van der Waals surface area contributed by atoms with E-state index in [4.69, 9.17) is 23.7 Å². The average molecular weight is 919 g/mol. The van der Waals surface area contributed by atoms with Crippen molar-refractivity contribution in [2.75, 3.05) is 20.0 Å². The van der Waals surface area contributed by atoms with Gasteiger partial charge in [0.1, 0.15) is 40.6 Å². The molecule has 8 nitrogen and oxygen atoms in total. The Morgan fingerprint density at radius 2 is 1.41 bits per heavy atom. The average Bonchev–Trinajstić information content (AvgIpc) is 3.69. The second kappa shape index (κ2) is 20.0. The van der Waals surface area contributed by atoms with Crippen LogP contribution in [0.15, 0.2) is 97.1 Å². The summed E-state index contributed by atoms with van der Waals surface area (Å²) in [4.78, 5) is 27.3. The molecule has 0 bridgehead atoms. The van der Waals surface area contributed by atoms with E-state index in [2.05, 4.69) is 62.4 Å². The molecule has 1 aliphatic carbocycles. The van der Waals surface area contributed by atoms with Crippen LogP contribution in [-0.2, 0) is 24.6 Å². The van der Waals surface area contributed by atoms with E-state index in [0.717, 1.165) is 53.2 Å². The Labute approximate surface area is 365 Å². The molecule has 1 N–H and O–H groups in total. The minimum absolute atomic E-state index is 0.0391. The molecule has 4 aromatic rings. The molecule has 5 rings (SSSR count). The van der Waals surface area contributed by atoms with E-state index in [1.807, 2.05) is 88.4 Å². The van der Waals surface area contributed by atoms with Gasteiger partial charge in [-0.15, -0.1) is 0 Å². The molecule has 318 valence electrons. The van der Waals surface area contributed by atoms with Gasteiger partial charge in [-0.2, -0.15) is 0 Å². The minimum atomic E-state index is -0.817. The zero-order valence-electron chi connectivity index (χ0n) is 36.1. The number of hydrogen-bond donors (Lipinski definition) is 1. The molecule has 0 heterocycles. The van der Waals surface area contributed by atoms with Crippen LogP contribution in [0.25, 0.3) is 0 Å². The van der Waals surface area contributed by atoms with Crippen LogP contribution in [0.2, 0.25) is 0 Å². The monoisotopic (exact) mass is 918 g/mol. The Balaban J connectivity index is 1.15. The second-order valence-electron chi connectivity index (χ2n) is 18.1. The first-order chi connectivity index (χ1) is 27.9. The van der Waals surface area contributed by atoms with Crippen LogP contribution in [0.1, 0.15) is 139 Å². The highest BCUT2D eigenvalue weighted by atomic mass is 127. The van der Waals surface area contributed by atoms with E-state index >= 15 is 0 Å². The highest BCUT2D eigenvalue weighted by Crippen LogP contribution is 2.49. The van der Waals surface area contributed by atoms with Crippen molar-refractivity contribution in [2.45, 2.75) is 123 Å². The fourth-order valence-electron chi connectivity index (χ4n) is 8.12. The van der Waals surface area contributed by atoms with Crippen LogP contribution in [0.5, 0.6) is 17.2 Å². The molecule has 9 heteroatoms. The number of carbonyl (C=O) groups is 2. The van der Waals surface area contributed by atoms with Crippen molar-refractivity contribution < 1.29 is 38.4 Å². The van der Waals surface area contributed by atoms with Crippen molar-refractivity contribution in [1.29, 1.82) is 0 Å². The molecule has 0 aromatic heterocycles. The smallest absolute Gasteiger partial charge is 0.342 e. The quantitative estimate of drug-likeness (QED) is 0.0430. The molecule has 1 fully saturated rings. The highest BCUT2D eigenvalue weighted by molar-refractivity contribution is 14.1. The largest absolute Gasteiger partial charge is 0.508 e. The van der Waals surface area contributed by atoms with Crippen LogP contribution >= 0.6 is 22.6 Å². The van der Waals surface area contributed by atoms with Crippen LogP contribution in [0.3, 0.4) is 0 Å². The normalized spacial score (nSPS) is 15.3. The van der Waals surface area contributed by atoms with Crippen LogP contribution in [0.4, 0.5) is 0 Å². The molecule has 0 aliphatic heterocycles. The molecule has 4 aromatic carbocycles. The number of benzene rings is 4. The van der Waals surface area contributed by atoms with E-state index in [1.54, 1.807) is 24.3 Å². The predicted molar refractivity (Wildman–Crippen MR) is 241 cm³/mol. The molecule has 0 saturated heterocycles. The zero-order chi connectivity index (χ0) is 42.8. The second-order valence-corrected chi connectivity index (χ2v) is 19.3. The molecule has 0 radical (unpaired) electrons. The predicted octanol–water partition coefficient (Wildman–Crippen LogP) is 12.5. The lowest BCUT2D eigenvalue weighted by atomic mass is 9.73. The van der Waals surface area contributed by atoms with E-state index in [0.29, 0.717) is 23.5 Å². The summed E-state index contributed by atoms with van der Waals surface area (Å²) in [5.41, 5.74) is 1.44. The van der Waals surface area contributed by atoms with Gasteiger partial charge in [-0.25, -0.2) is 4.79 Å². The Bertz CT molecular complexity index is 1960. The Morgan fingerprint density at radius 1 is 0.780 bits per heavy atom. The van der Waals surface area contributed by atoms with Gasteiger partial charge in [-0.05, 0) is 166 Å². The number of phenols is 1. The summed E-state index contributed by atoms with van der Waals surface area (Å²) in [5.74, 6) is 1.03. The molecule has 1 saturated carbocycles. The molecule has 59 heavy (non-hydrogen) atoms. The molecule has 2 unspecified atom stereocenters. The summed E-state index contributed by atoms with van der Waals surface area (Å²) in [7, 11) is 0. The number of phenolic OH excluding ortho intramolecular Hbond substituents is 1. The van der Waals surface area contributed by atoms with E-state index < -0.39 is 22.6 Å². The maximum Gasteiger partial charge on any atom is 0.342 e. The summed E-state index contributed by atoms with van der Waals surface area (Å²) in [5, 5.41) is 10.1. The van der Waals surface area contributed by atoms with Crippen molar-refractivity contribution in [3.05, 3.63) is 123 Å². The Kier molecular flexibility index (Phi) is 15.6. The van der Waals surface area contributed by atoms with Gasteiger partial charge in [0, 0.05) is 8.99 Å². The van der Waals surface area contributed by atoms with Crippen molar-refractivity contribution in [1.82, 2.24) is 0 Å². The maximum absolute atomic E-state index is 14.0. The van der Waals surface area contributed by atoms with Gasteiger partial charge < -0.3 is 28.8 Å². The third-order valence-corrected chi connectivity index (χ3v) is 12.6. The summed E-state index contributed by atoms with van der Waals surface area (Å²) >= 11 is 2.17. The van der Waals surface area contributed by atoms with Crippen LogP contribution < -0.4 is 9.47 Å². The SMILES string of the molecule is CCC(CC(CC(C)(C)C(=O)OC1(C(C)(C)C)CCCC1)c1ccc(O)cc1)c1ccc(OCOCCOc2ccc(I)cc2C(=O)OC(C)(C)c2ccccc2)cc1. The third kappa shape index (κ3) is 12.2. The number of carbonyl (C=O) groups excluding carboxylic acids is 2. The van der Waals surface area contributed by atoms with Gasteiger partial charge >= 0.3 is 11.9 Å². The summed E-state index contributed by atoms with van der Waals surface area (Å²) in [6.07, 6.45) is 6.34. The molecule has 0 amide bonds. The van der Waals surface area contributed by atoms with Gasteiger partial charge in [-0.3, -0.25) is 4.79 Å². The fraction of sp³-hybridized carbons (Fsp3) is 0.480. The van der Waals surface area contributed by atoms with E-state index in [-0.39, 0.29) is 49.0 Å². The number of rotatable bonds is 19. The van der Waals surface area contributed by atoms with Crippen LogP contribution in [0, 0.1) is 14.4 Å². The van der Waals surface area contributed by atoms with E-state index in [9.17, 15) is 14.7 Å². The molecular formula is C50H63IO8. The van der Waals surface area contributed by atoms with E-state index in [1.165, 1.54) is 5.56 Å². The number of aromatic hydroxyl groups is 1. The molecular weight excluding hydrogens is 855 g/mol. The summed E-state index contributed by atoms with van der Waals surface area (Å²) in [6.45, 7) is 17.0. The first-order valence-corrected chi connectivity index (χ1v) is 22.0. The molecule has 0 spiro atoms. The lowest BCUT2D eigenvalue weighted by molar-refractivity contribution is -0.183. The number of halogens is 1. The van der Waals surface area contributed by atoms with Crippen molar-refractivity contribution in [3.8, 4) is 17.2 Å². The van der Waals surface area contributed by atoms with Gasteiger partial charge in [0.05, 0.1) is 12.0 Å². The summed E-state index contributed by atoms with van der Waals surface area (Å²) < 4.78 is 31.0. The molecule has 2 atom stereocenters. The van der Waals surface area contributed by atoms with Crippen molar-refractivity contribution >= 4 is 34.5 Å². The minimum Gasteiger partial charge on any atom is -0.508 e. The Morgan fingerprint density at radius 3 is 2.03 bits per heavy atom. The maximum atomic E-state index is 14.0. The number of hydrogen-bond acceptors (Lipinski definition) is 8. The third-order valence-electron chi connectivity index (χ3n) is 11.9.